The summed E-state index contributed by atoms with van der Waals surface area (Å²) < 4.78 is 1.86. The van der Waals surface area contributed by atoms with Crippen LogP contribution in [0.1, 0.15) is 28.7 Å². The maximum atomic E-state index is 12.1. The van der Waals surface area contributed by atoms with E-state index in [9.17, 15) is 4.79 Å². The highest BCUT2D eigenvalue weighted by molar-refractivity contribution is 5.76. The molecular formula is C22H25N3O. The molecule has 2 aromatic carbocycles. The van der Waals surface area contributed by atoms with Crippen molar-refractivity contribution in [2.75, 3.05) is 6.54 Å². The van der Waals surface area contributed by atoms with E-state index in [1.807, 2.05) is 47.4 Å². The van der Waals surface area contributed by atoms with Crippen LogP contribution in [-0.4, -0.2) is 22.2 Å². The zero-order valence-corrected chi connectivity index (χ0v) is 15.4. The quantitative estimate of drug-likeness (QED) is 0.707. The van der Waals surface area contributed by atoms with Gasteiger partial charge in [0, 0.05) is 19.2 Å². The molecule has 1 heterocycles. The van der Waals surface area contributed by atoms with E-state index in [4.69, 9.17) is 0 Å². The molecule has 0 spiro atoms. The first-order chi connectivity index (χ1) is 12.6. The standard InChI is InChI=1S/C22H25N3O/c1-17-8-9-20(18(2)14-17)10-11-22(26)23-13-12-19-15-24-25(16-19)21-6-4-3-5-7-21/h3-9,14-16H,10-13H2,1-2H3,(H,23,26). The number of aryl methyl sites for hydroxylation is 3. The van der Waals surface area contributed by atoms with Gasteiger partial charge in [-0.1, -0.05) is 42.0 Å². The number of benzene rings is 2. The highest BCUT2D eigenvalue weighted by Crippen LogP contribution is 2.12. The smallest absolute Gasteiger partial charge is 0.220 e. The summed E-state index contributed by atoms with van der Waals surface area (Å²) in [7, 11) is 0. The summed E-state index contributed by atoms with van der Waals surface area (Å²) in [6.45, 7) is 4.82. The van der Waals surface area contributed by atoms with E-state index in [2.05, 4.69) is 42.5 Å². The Balaban J connectivity index is 1.43. The van der Waals surface area contributed by atoms with Crippen molar-refractivity contribution in [1.82, 2.24) is 15.1 Å². The minimum atomic E-state index is 0.0976. The molecule has 0 aliphatic rings. The van der Waals surface area contributed by atoms with E-state index in [1.54, 1.807) is 0 Å². The van der Waals surface area contributed by atoms with Crippen LogP contribution in [0.15, 0.2) is 60.9 Å². The summed E-state index contributed by atoms with van der Waals surface area (Å²) in [6.07, 6.45) is 5.95. The van der Waals surface area contributed by atoms with Crippen LogP contribution in [0, 0.1) is 13.8 Å². The number of hydrogen-bond donors (Lipinski definition) is 1. The van der Waals surface area contributed by atoms with Gasteiger partial charge in [0.15, 0.2) is 0 Å². The van der Waals surface area contributed by atoms with Crippen molar-refractivity contribution in [2.45, 2.75) is 33.1 Å². The Morgan fingerprint density at radius 1 is 1.08 bits per heavy atom. The lowest BCUT2D eigenvalue weighted by molar-refractivity contribution is -0.121. The normalized spacial score (nSPS) is 10.7. The third-order valence-corrected chi connectivity index (χ3v) is 4.51. The second-order valence-corrected chi connectivity index (χ2v) is 6.66. The van der Waals surface area contributed by atoms with Crippen LogP contribution < -0.4 is 5.32 Å². The fourth-order valence-electron chi connectivity index (χ4n) is 3.02. The highest BCUT2D eigenvalue weighted by atomic mass is 16.1. The molecule has 3 aromatic rings. The van der Waals surface area contributed by atoms with E-state index in [-0.39, 0.29) is 5.91 Å². The molecule has 0 radical (unpaired) electrons. The van der Waals surface area contributed by atoms with Crippen LogP contribution in [0.4, 0.5) is 0 Å². The van der Waals surface area contributed by atoms with Gasteiger partial charge in [0.2, 0.25) is 5.91 Å². The average Bonchev–Trinajstić information content (AvgIpc) is 3.11. The van der Waals surface area contributed by atoms with E-state index in [0.29, 0.717) is 13.0 Å². The van der Waals surface area contributed by atoms with Crippen molar-refractivity contribution in [3.8, 4) is 5.69 Å². The van der Waals surface area contributed by atoms with Crippen molar-refractivity contribution >= 4 is 5.91 Å². The first kappa shape index (κ1) is 17.9. The van der Waals surface area contributed by atoms with Gasteiger partial charge in [-0.2, -0.15) is 5.10 Å². The van der Waals surface area contributed by atoms with Crippen LogP contribution in [0.2, 0.25) is 0 Å². The van der Waals surface area contributed by atoms with Crippen molar-refractivity contribution in [3.05, 3.63) is 83.2 Å². The Kier molecular flexibility index (Phi) is 5.84. The second-order valence-electron chi connectivity index (χ2n) is 6.66. The van der Waals surface area contributed by atoms with Gasteiger partial charge in [-0.15, -0.1) is 0 Å². The molecule has 0 saturated heterocycles. The molecule has 3 rings (SSSR count). The van der Waals surface area contributed by atoms with Crippen molar-refractivity contribution in [2.24, 2.45) is 0 Å². The average molecular weight is 347 g/mol. The van der Waals surface area contributed by atoms with Gasteiger partial charge in [0.25, 0.3) is 0 Å². The summed E-state index contributed by atoms with van der Waals surface area (Å²) >= 11 is 0. The SMILES string of the molecule is Cc1ccc(CCC(=O)NCCc2cnn(-c3ccccc3)c2)c(C)c1. The topological polar surface area (TPSA) is 46.9 Å². The molecule has 0 fully saturated rings. The molecule has 1 N–H and O–H groups in total. The van der Waals surface area contributed by atoms with Gasteiger partial charge >= 0.3 is 0 Å². The molecular weight excluding hydrogens is 322 g/mol. The minimum absolute atomic E-state index is 0.0976. The van der Waals surface area contributed by atoms with Gasteiger partial charge in [-0.25, -0.2) is 4.68 Å². The summed E-state index contributed by atoms with van der Waals surface area (Å²) in [5.74, 6) is 0.0976. The number of hydrogen-bond acceptors (Lipinski definition) is 2. The Hall–Kier alpha value is -2.88. The number of rotatable bonds is 7. The lowest BCUT2D eigenvalue weighted by Crippen LogP contribution is -2.25. The lowest BCUT2D eigenvalue weighted by atomic mass is 10.0. The monoisotopic (exact) mass is 347 g/mol. The number of nitrogens with zero attached hydrogens (tertiary/aromatic N) is 2. The summed E-state index contributed by atoms with van der Waals surface area (Å²) in [6, 6.07) is 16.4. The predicted octanol–water partition coefficient (Wildman–Crippen LogP) is 3.78. The molecule has 134 valence electrons. The molecule has 0 unspecified atom stereocenters. The summed E-state index contributed by atoms with van der Waals surface area (Å²) in [5, 5.41) is 7.39. The first-order valence-corrected chi connectivity index (χ1v) is 9.03. The highest BCUT2D eigenvalue weighted by Gasteiger charge is 2.05. The molecule has 0 aliphatic heterocycles. The van der Waals surface area contributed by atoms with Gasteiger partial charge in [-0.3, -0.25) is 4.79 Å². The third-order valence-electron chi connectivity index (χ3n) is 4.51. The van der Waals surface area contributed by atoms with Gasteiger partial charge in [0.1, 0.15) is 0 Å². The van der Waals surface area contributed by atoms with Crippen LogP contribution in [0.5, 0.6) is 0 Å². The molecule has 4 heteroatoms. The number of carbonyl (C=O) groups excluding carboxylic acids is 1. The molecule has 1 amide bonds. The van der Waals surface area contributed by atoms with E-state index < -0.39 is 0 Å². The van der Waals surface area contributed by atoms with Gasteiger partial charge < -0.3 is 5.32 Å². The summed E-state index contributed by atoms with van der Waals surface area (Å²) in [4.78, 5) is 12.1. The largest absolute Gasteiger partial charge is 0.356 e. The zero-order chi connectivity index (χ0) is 18.4. The minimum Gasteiger partial charge on any atom is -0.356 e. The molecule has 0 bridgehead atoms. The van der Waals surface area contributed by atoms with Crippen molar-refractivity contribution < 1.29 is 4.79 Å². The Morgan fingerprint density at radius 2 is 1.88 bits per heavy atom. The number of carbonyl (C=O) groups is 1. The number of para-hydroxylation sites is 1. The lowest BCUT2D eigenvalue weighted by Gasteiger charge is -2.07. The number of aromatic nitrogens is 2. The Morgan fingerprint density at radius 3 is 2.65 bits per heavy atom. The van der Waals surface area contributed by atoms with E-state index in [1.165, 1.54) is 16.7 Å². The van der Waals surface area contributed by atoms with Gasteiger partial charge in [-0.05, 0) is 55.5 Å². The third kappa shape index (κ3) is 4.82. The Labute approximate surface area is 154 Å². The van der Waals surface area contributed by atoms with E-state index in [0.717, 1.165) is 24.1 Å². The molecule has 4 nitrogen and oxygen atoms in total. The van der Waals surface area contributed by atoms with Crippen LogP contribution in [0.3, 0.4) is 0 Å². The van der Waals surface area contributed by atoms with Crippen molar-refractivity contribution in [1.29, 1.82) is 0 Å². The molecule has 0 saturated carbocycles. The fourth-order valence-corrected chi connectivity index (χ4v) is 3.02. The second kappa shape index (κ2) is 8.48. The van der Waals surface area contributed by atoms with Gasteiger partial charge in [0.05, 0.1) is 11.9 Å². The molecule has 1 aromatic heterocycles. The molecule has 0 aliphatic carbocycles. The van der Waals surface area contributed by atoms with Crippen molar-refractivity contribution in [3.63, 3.8) is 0 Å². The van der Waals surface area contributed by atoms with E-state index >= 15 is 0 Å². The van der Waals surface area contributed by atoms with Crippen LogP contribution in [0.25, 0.3) is 5.69 Å². The predicted molar refractivity (Wildman–Crippen MR) is 105 cm³/mol. The Bertz CT molecular complexity index is 868. The first-order valence-electron chi connectivity index (χ1n) is 9.03. The fraction of sp³-hybridized carbons (Fsp3) is 0.273. The molecule has 26 heavy (non-hydrogen) atoms. The van der Waals surface area contributed by atoms with Crippen LogP contribution >= 0.6 is 0 Å². The number of nitrogens with one attached hydrogen (secondary N) is 1. The zero-order valence-electron chi connectivity index (χ0n) is 15.4. The van der Waals surface area contributed by atoms with Crippen LogP contribution in [-0.2, 0) is 17.6 Å². The summed E-state index contributed by atoms with van der Waals surface area (Å²) in [5.41, 5.74) is 5.91. The number of amides is 1. The maximum absolute atomic E-state index is 12.1. The maximum Gasteiger partial charge on any atom is 0.220 e. The molecule has 0 atom stereocenters.